The lowest BCUT2D eigenvalue weighted by Gasteiger charge is -2.12. The molecule has 0 spiro atoms. The van der Waals surface area contributed by atoms with Gasteiger partial charge >= 0.3 is 0 Å². The molecule has 1 heterocycles. The molecule has 0 bridgehead atoms. The lowest BCUT2D eigenvalue weighted by atomic mass is 10.2. The van der Waals surface area contributed by atoms with Crippen LogP contribution >= 0.6 is 23.2 Å². The van der Waals surface area contributed by atoms with E-state index in [1.54, 1.807) is 24.3 Å². The Morgan fingerprint density at radius 1 is 1.32 bits per heavy atom. The average molecular weight is 339 g/mol. The van der Waals surface area contributed by atoms with Gasteiger partial charge < -0.3 is 10.6 Å². The summed E-state index contributed by atoms with van der Waals surface area (Å²) in [5.74, 6) is 0.227. The lowest BCUT2D eigenvalue weighted by Crippen LogP contribution is -2.17. The van der Waals surface area contributed by atoms with Crippen molar-refractivity contribution in [2.75, 3.05) is 10.6 Å². The van der Waals surface area contributed by atoms with Gasteiger partial charge in [-0.2, -0.15) is 0 Å². The van der Waals surface area contributed by atoms with E-state index in [1.165, 1.54) is 6.33 Å². The summed E-state index contributed by atoms with van der Waals surface area (Å²) in [5.41, 5.74) is 0.686. The molecule has 0 saturated heterocycles. The molecule has 0 aliphatic heterocycles. The van der Waals surface area contributed by atoms with Crippen molar-refractivity contribution in [2.24, 2.45) is 0 Å². The molecule has 22 heavy (non-hydrogen) atoms. The Hall–Kier alpha value is -1.85. The Bertz CT molecular complexity index is 678. The van der Waals surface area contributed by atoms with Gasteiger partial charge in [-0.1, -0.05) is 36.2 Å². The fraction of sp³-hybridized carbons (Fsp3) is 0.267. The molecule has 1 amide bonds. The van der Waals surface area contributed by atoms with Crippen LogP contribution in [0.2, 0.25) is 10.0 Å². The predicted molar refractivity (Wildman–Crippen MR) is 89.8 cm³/mol. The van der Waals surface area contributed by atoms with E-state index in [-0.39, 0.29) is 17.6 Å². The molecule has 2 rings (SSSR count). The number of carbonyl (C=O) groups is 1. The summed E-state index contributed by atoms with van der Waals surface area (Å²) in [6.07, 6.45) is 2.29. The van der Waals surface area contributed by atoms with Crippen molar-refractivity contribution in [3.63, 3.8) is 0 Å². The number of rotatable bonds is 5. The van der Waals surface area contributed by atoms with Gasteiger partial charge in [0.2, 0.25) is 0 Å². The zero-order valence-electron chi connectivity index (χ0n) is 12.2. The Morgan fingerprint density at radius 3 is 2.82 bits per heavy atom. The number of aromatic nitrogens is 2. The molecular weight excluding hydrogens is 323 g/mol. The van der Waals surface area contributed by atoms with Gasteiger partial charge in [0.15, 0.2) is 0 Å². The second kappa shape index (κ2) is 7.42. The van der Waals surface area contributed by atoms with Gasteiger partial charge in [-0.25, -0.2) is 9.97 Å². The molecular formula is C15H16Cl2N4O. The minimum atomic E-state index is -0.376. The molecule has 2 N–H and O–H groups in total. The highest BCUT2D eigenvalue weighted by Crippen LogP contribution is 2.29. The van der Waals surface area contributed by atoms with Crippen molar-refractivity contribution in [2.45, 2.75) is 26.3 Å². The summed E-state index contributed by atoms with van der Waals surface area (Å²) in [5, 5.41) is 6.55. The lowest BCUT2D eigenvalue weighted by molar-refractivity contribution is 0.102. The van der Waals surface area contributed by atoms with Gasteiger partial charge in [-0.15, -0.1) is 0 Å². The molecule has 1 aromatic carbocycles. The number of carbonyl (C=O) groups excluding carboxylic acids is 1. The minimum Gasteiger partial charge on any atom is -0.368 e. The van der Waals surface area contributed by atoms with Crippen LogP contribution in [-0.4, -0.2) is 21.9 Å². The Morgan fingerprint density at radius 2 is 2.09 bits per heavy atom. The molecule has 0 radical (unpaired) electrons. The van der Waals surface area contributed by atoms with Crippen LogP contribution in [0.5, 0.6) is 0 Å². The number of nitrogens with one attached hydrogen (secondary N) is 2. The van der Waals surface area contributed by atoms with Crippen molar-refractivity contribution < 1.29 is 4.79 Å². The van der Waals surface area contributed by atoms with E-state index in [9.17, 15) is 4.79 Å². The van der Waals surface area contributed by atoms with E-state index in [1.807, 2.05) is 6.92 Å². The first-order valence-electron chi connectivity index (χ1n) is 6.85. The molecule has 1 atom stereocenters. The quantitative estimate of drug-likeness (QED) is 0.855. The highest BCUT2D eigenvalue weighted by molar-refractivity contribution is 6.44. The second-order valence-electron chi connectivity index (χ2n) is 4.80. The van der Waals surface area contributed by atoms with Crippen LogP contribution < -0.4 is 10.6 Å². The second-order valence-corrected chi connectivity index (χ2v) is 5.58. The number of benzene rings is 1. The first-order chi connectivity index (χ1) is 10.5. The zero-order valence-corrected chi connectivity index (χ0v) is 13.7. The number of hydrogen-bond acceptors (Lipinski definition) is 4. The summed E-state index contributed by atoms with van der Waals surface area (Å²) in [6, 6.07) is 6.89. The van der Waals surface area contributed by atoms with E-state index in [0.29, 0.717) is 21.6 Å². The van der Waals surface area contributed by atoms with Gasteiger partial charge in [-0.3, -0.25) is 4.79 Å². The third kappa shape index (κ3) is 4.08. The molecule has 1 aromatic heterocycles. The predicted octanol–water partition coefficient (Wildman–Crippen LogP) is 4.25. The fourth-order valence-corrected chi connectivity index (χ4v) is 2.05. The van der Waals surface area contributed by atoms with Crippen LogP contribution in [0.4, 0.5) is 11.5 Å². The number of amides is 1. The van der Waals surface area contributed by atoms with Gasteiger partial charge in [-0.05, 0) is 25.5 Å². The summed E-state index contributed by atoms with van der Waals surface area (Å²) in [7, 11) is 0. The van der Waals surface area contributed by atoms with E-state index < -0.39 is 0 Å². The third-order valence-electron chi connectivity index (χ3n) is 3.11. The molecule has 7 heteroatoms. The molecule has 0 fully saturated rings. The molecule has 5 nitrogen and oxygen atoms in total. The normalized spacial score (nSPS) is 11.8. The average Bonchev–Trinajstić information content (AvgIpc) is 2.52. The van der Waals surface area contributed by atoms with Gasteiger partial charge in [0.1, 0.15) is 17.8 Å². The summed E-state index contributed by atoms with van der Waals surface area (Å²) >= 11 is 12.0. The fourth-order valence-electron chi connectivity index (χ4n) is 1.70. The summed E-state index contributed by atoms with van der Waals surface area (Å²) in [4.78, 5) is 20.3. The molecule has 1 unspecified atom stereocenters. The summed E-state index contributed by atoms with van der Waals surface area (Å²) in [6.45, 7) is 4.10. The standard InChI is InChI=1S/C15H16Cl2N4O/c1-3-9(2)20-13-7-12(18-8-19-13)15(22)21-11-6-4-5-10(16)14(11)17/h4-9H,3H2,1-2H3,(H,21,22)(H,18,19,20). The number of hydrogen-bond donors (Lipinski definition) is 2. The Labute approximate surface area is 139 Å². The maximum atomic E-state index is 12.3. The van der Waals surface area contributed by atoms with Crippen LogP contribution in [0, 0.1) is 0 Å². The van der Waals surface area contributed by atoms with Crippen LogP contribution in [0.25, 0.3) is 0 Å². The SMILES string of the molecule is CCC(C)Nc1cc(C(=O)Nc2cccc(Cl)c2Cl)ncn1. The molecule has 2 aromatic rings. The van der Waals surface area contributed by atoms with Gasteiger partial charge in [0.05, 0.1) is 15.7 Å². The third-order valence-corrected chi connectivity index (χ3v) is 3.93. The highest BCUT2D eigenvalue weighted by atomic mass is 35.5. The van der Waals surface area contributed by atoms with Crippen molar-refractivity contribution in [1.29, 1.82) is 0 Å². The Balaban J connectivity index is 2.16. The van der Waals surface area contributed by atoms with E-state index in [2.05, 4.69) is 27.5 Å². The van der Waals surface area contributed by atoms with Crippen molar-refractivity contribution >= 4 is 40.6 Å². The zero-order chi connectivity index (χ0) is 16.1. The van der Waals surface area contributed by atoms with Crippen molar-refractivity contribution in [1.82, 2.24) is 9.97 Å². The molecule has 0 saturated carbocycles. The van der Waals surface area contributed by atoms with Crippen LogP contribution in [0.1, 0.15) is 30.8 Å². The molecule has 0 aliphatic carbocycles. The number of halogens is 2. The maximum absolute atomic E-state index is 12.3. The van der Waals surface area contributed by atoms with Crippen LogP contribution in [0.15, 0.2) is 30.6 Å². The smallest absolute Gasteiger partial charge is 0.274 e. The highest BCUT2D eigenvalue weighted by Gasteiger charge is 2.12. The molecule has 116 valence electrons. The first kappa shape index (κ1) is 16.5. The molecule has 0 aliphatic rings. The van der Waals surface area contributed by atoms with Crippen molar-refractivity contribution in [3.05, 3.63) is 46.3 Å². The van der Waals surface area contributed by atoms with Crippen molar-refractivity contribution in [3.8, 4) is 0 Å². The minimum absolute atomic E-state index is 0.247. The monoisotopic (exact) mass is 338 g/mol. The van der Waals surface area contributed by atoms with Gasteiger partial charge in [0, 0.05) is 12.1 Å². The summed E-state index contributed by atoms with van der Waals surface area (Å²) < 4.78 is 0. The number of nitrogens with zero attached hydrogens (tertiary/aromatic N) is 2. The van der Waals surface area contributed by atoms with Crippen LogP contribution in [-0.2, 0) is 0 Å². The van der Waals surface area contributed by atoms with Gasteiger partial charge in [0.25, 0.3) is 5.91 Å². The maximum Gasteiger partial charge on any atom is 0.274 e. The Kier molecular flexibility index (Phi) is 5.57. The first-order valence-corrected chi connectivity index (χ1v) is 7.60. The van der Waals surface area contributed by atoms with E-state index in [0.717, 1.165) is 6.42 Å². The van der Waals surface area contributed by atoms with Crippen LogP contribution in [0.3, 0.4) is 0 Å². The largest absolute Gasteiger partial charge is 0.368 e. The van der Waals surface area contributed by atoms with E-state index in [4.69, 9.17) is 23.2 Å². The van der Waals surface area contributed by atoms with E-state index >= 15 is 0 Å². The number of anilines is 2. The topological polar surface area (TPSA) is 66.9 Å².